The molecule has 2 rings (SSSR count). The van der Waals surface area contributed by atoms with Gasteiger partial charge in [0.1, 0.15) is 0 Å². The third-order valence-electron chi connectivity index (χ3n) is 3.45. The quantitative estimate of drug-likeness (QED) is 0.708. The molecule has 0 aromatic rings. The molecule has 1 atom stereocenters. The summed E-state index contributed by atoms with van der Waals surface area (Å²) in [6.07, 6.45) is 2.90. The highest BCUT2D eigenvalue weighted by atomic mass is 16.3. The molecule has 2 fully saturated rings. The van der Waals surface area contributed by atoms with Gasteiger partial charge in [-0.3, -0.25) is 4.90 Å². The Morgan fingerprint density at radius 2 is 2.07 bits per heavy atom. The van der Waals surface area contributed by atoms with Gasteiger partial charge in [-0.25, -0.2) is 0 Å². The second kappa shape index (κ2) is 4.60. The molecule has 0 bridgehead atoms. The topological polar surface area (TPSA) is 26.7 Å². The van der Waals surface area contributed by atoms with Gasteiger partial charge >= 0.3 is 0 Å². The summed E-state index contributed by atoms with van der Waals surface area (Å²) < 4.78 is 0. The zero-order valence-electron chi connectivity index (χ0n) is 9.15. The maximum Gasteiger partial charge on any atom is 0.0558 e. The second-order valence-corrected chi connectivity index (χ2v) is 4.81. The van der Waals surface area contributed by atoms with Crippen LogP contribution in [-0.2, 0) is 0 Å². The van der Waals surface area contributed by atoms with Crippen LogP contribution in [0.3, 0.4) is 0 Å². The maximum absolute atomic E-state index is 8.90. The summed E-state index contributed by atoms with van der Waals surface area (Å²) in [5.74, 6) is 1.01. The molecular weight excluding hydrogens is 176 g/mol. The fourth-order valence-corrected chi connectivity index (χ4v) is 2.36. The van der Waals surface area contributed by atoms with Crippen LogP contribution in [0.25, 0.3) is 0 Å². The molecule has 0 amide bonds. The van der Waals surface area contributed by atoms with E-state index in [1.807, 2.05) is 0 Å². The Morgan fingerprint density at radius 1 is 1.29 bits per heavy atom. The smallest absolute Gasteiger partial charge is 0.0558 e. The van der Waals surface area contributed by atoms with Crippen molar-refractivity contribution >= 4 is 0 Å². The summed E-state index contributed by atoms with van der Waals surface area (Å²) in [6.45, 7) is 8.25. The van der Waals surface area contributed by atoms with Gasteiger partial charge in [-0.05, 0) is 25.7 Å². The zero-order chi connectivity index (χ0) is 9.97. The second-order valence-electron chi connectivity index (χ2n) is 4.81. The molecule has 1 aliphatic heterocycles. The van der Waals surface area contributed by atoms with Gasteiger partial charge in [0.15, 0.2) is 0 Å². The first-order valence-electron chi connectivity index (χ1n) is 5.87. The molecule has 1 saturated carbocycles. The molecular formula is C11H22N2O. The van der Waals surface area contributed by atoms with E-state index in [1.54, 1.807) is 0 Å². The lowest BCUT2D eigenvalue weighted by Crippen LogP contribution is -2.52. The van der Waals surface area contributed by atoms with Gasteiger partial charge in [-0.15, -0.1) is 0 Å². The minimum atomic E-state index is 0.299. The van der Waals surface area contributed by atoms with Crippen LogP contribution in [0.5, 0.6) is 0 Å². The molecule has 1 aliphatic carbocycles. The van der Waals surface area contributed by atoms with E-state index >= 15 is 0 Å². The van der Waals surface area contributed by atoms with Crippen molar-refractivity contribution in [3.05, 3.63) is 0 Å². The number of aliphatic hydroxyl groups excluding tert-OH is 1. The molecule has 3 heteroatoms. The van der Waals surface area contributed by atoms with Crippen LogP contribution in [0.1, 0.15) is 19.8 Å². The summed E-state index contributed by atoms with van der Waals surface area (Å²) in [6, 6.07) is 0.620. The number of piperazine rings is 1. The van der Waals surface area contributed by atoms with E-state index in [9.17, 15) is 0 Å². The van der Waals surface area contributed by atoms with Crippen molar-refractivity contribution in [2.45, 2.75) is 25.8 Å². The Kier molecular flexibility index (Phi) is 3.42. The minimum Gasteiger partial charge on any atom is -0.395 e. The predicted octanol–water partition coefficient (Wildman–Crippen LogP) is 0.395. The van der Waals surface area contributed by atoms with Gasteiger partial charge in [-0.1, -0.05) is 0 Å². The summed E-state index contributed by atoms with van der Waals surface area (Å²) in [5.41, 5.74) is 0. The monoisotopic (exact) mass is 198 g/mol. The fourth-order valence-electron chi connectivity index (χ4n) is 2.36. The fraction of sp³-hybridized carbons (Fsp3) is 1.00. The lowest BCUT2D eigenvalue weighted by atomic mass is 10.2. The van der Waals surface area contributed by atoms with E-state index in [0.29, 0.717) is 12.6 Å². The largest absolute Gasteiger partial charge is 0.395 e. The van der Waals surface area contributed by atoms with Crippen molar-refractivity contribution < 1.29 is 5.11 Å². The van der Waals surface area contributed by atoms with E-state index in [2.05, 4.69) is 16.7 Å². The average Bonchev–Trinajstić information content (AvgIpc) is 2.94. The first-order valence-corrected chi connectivity index (χ1v) is 5.87. The minimum absolute atomic E-state index is 0.299. The van der Waals surface area contributed by atoms with Crippen molar-refractivity contribution in [2.24, 2.45) is 5.92 Å². The Morgan fingerprint density at radius 3 is 2.64 bits per heavy atom. The highest BCUT2D eigenvalue weighted by Crippen LogP contribution is 2.30. The standard InChI is InChI=1S/C11H22N2O/c1-10-8-12(9-11-2-3-11)4-5-13(10)6-7-14/h10-11,14H,2-9H2,1H3. The first kappa shape index (κ1) is 10.4. The van der Waals surface area contributed by atoms with Crippen molar-refractivity contribution in [1.29, 1.82) is 0 Å². The van der Waals surface area contributed by atoms with E-state index in [4.69, 9.17) is 5.11 Å². The predicted molar refractivity (Wildman–Crippen MR) is 57.3 cm³/mol. The number of β-amino-alcohol motifs (C(OH)–C–C–N with tert-alkyl or cyclic N) is 1. The van der Waals surface area contributed by atoms with Gasteiger partial charge < -0.3 is 10.0 Å². The molecule has 0 spiro atoms. The van der Waals surface area contributed by atoms with Gasteiger partial charge in [-0.2, -0.15) is 0 Å². The molecule has 1 N–H and O–H groups in total. The Labute approximate surface area is 86.7 Å². The lowest BCUT2D eigenvalue weighted by molar-refractivity contribution is 0.0662. The highest BCUT2D eigenvalue weighted by Gasteiger charge is 2.28. The molecule has 1 unspecified atom stereocenters. The van der Waals surface area contributed by atoms with E-state index in [0.717, 1.165) is 19.0 Å². The molecule has 3 nitrogen and oxygen atoms in total. The third kappa shape index (κ3) is 2.69. The van der Waals surface area contributed by atoms with Crippen LogP contribution >= 0.6 is 0 Å². The van der Waals surface area contributed by atoms with Crippen LogP contribution in [0, 0.1) is 5.92 Å². The summed E-state index contributed by atoms with van der Waals surface area (Å²) in [5, 5.41) is 8.90. The van der Waals surface area contributed by atoms with Crippen molar-refractivity contribution in [2.75, 3.05) is 39.3 Å². The lowest BCUT2D eigenvalue weighted by Gasteiger charge is -2.39. The summed E-state index contributed by atoms with van der Waals surface area (Å²) in [7, 11) is 0. The summed E-state index contributed by atoms with van der Waals surface area (Å²) >= 11 is 0. The molecule has 14 heavy (non-hydrogen) atoms. The van der Waals surface area contributed by atoms with Crippen LogP contribution < -0.4 is 0 Å². The average molecular weight is 198 g/mol. The van der Waals surface area contributed by atoms with Gasteiger partial charge in [0, 0.05) is 38.8 Å². The maximum atomic E-state index is 8.90. The molecule has 0 radical (unpaired) electrons. The number of hydrogen-bond acceptors (Lipinski definition) is 3. The molecule has 0 aromatic carbocycles. The molecule has 1 saturated heterocycles. The van der Waals surface area contributed by atoms with E-state index < -0.39 is 0 Å². The Balaban J connectivity index is 1.73. The van der Waals surface area contributed by atoms with Crippen LogP contribution in [-0.4, -0.2) is 60.3 Å². The molecule has 2 aliphatic rings. The zero-order valence-corrected chi connectivity index (χ0v) is 9.15. The van der Waals surface area contributed by atoms with E-state index in [1.165, 1.54) is 32.5 Å². The number of nitrogens with zero attached hydrogens (tertiary/aromatic N) is 2. The number of rotatable bonds is 4. The molecule has 82 valence electrons. The van der Waals surface area contributed by atoms with Crippen molar-refractivity contribution in [1.82, 2.24) is 9.80 Å². The van der Waals surface area contributed by atoms with E-state index in [-0.39, 0.29) is 0 Å². The van der Waals surface area contributed by atoms with Crippen LogP contribution in [0.15, 0.2) is 0 Å². The highest BCUT2D eigenvalue weighted by molar-refractivity contribution is 4.83. The van der Waals surface area contributed by atoms with Crippen LogP contribution in [0.2, 0.25) is 0 Å². The van der Waals surface area contributed by atoms with Gasteiger partial charge in [0.05, 0.1) is 6.61 Å². The van der Waals surface area contributed by atoms with Crippen molar-refractivity contribution in [3.8, 4) is 0 Å². The third-order valence-corrected chi connectivity index (χ3v) is 3.45. The first-order chi connectivity index (χ1) is 6.79. The Hall–Kier alpha value is -0.120. The van der Waals surface area contributed by atoms with Crippen molar-refractivity contribution in [3.63, 3.8) is 0 Å². The Bertz CT molecular complexity index is 182. The normalized spacial score (nSPS) is 30.9. The van der Waals surface area contributed by atoms with Gasteiger partial charge in [0.2, 0.25) is 0 Å². The number of aliphatic hydroxyl groups is 1. The van der Waals surface area contributed by atoms with Crippen LogP contribution in [0.4, 0.5) is 0 Å². The van der Waals surface area contributed by atoms with Gasteiger partial charge in [0.25, 0.3) is 0 Å². The molecule has 1 heterocycles. The number of hydrogen-bond donors (Lipinski definition) is 1. The SMILES string of the molecule is CC1CN(CC2CC2)CCN1CCO. The molecule has 0 aromatic heterocycles. The summed E-state index contributed by atoms with van der Waals surface area (Å²) in [4.78, 5) is 4.99.